The lowest BCUT2D eigenvalue weighted by Gasteiger charge is -2.45. The SMILES string of the molecule is COc1cc(-c2oc3cc(OC4OC(CO)C(O)C(O)C4O)cc(O)c3c(=O)c2OC2OC(CO)C(O)C(O)C2OC2OC(C)C(O)C(O)C2O)ccc1O. The van der Waals surface area contributed by atoms with Crippen LogP contribution in [0.4, 0.5) is 0 Å². The molecule has 304 valence electrons. The van der Waals surface area contributed by atoms with Crippen LogP contribution in [0.5, 0.6) is 28.7 Å². The highest BCUT2D eigenvalue weighted by atomic mass is 16.8. The average Bonchev–Trinajstić information content (AvgIpc) is 3.16. The van der Waals surface area contributed by atoms with Gasteiger partial charge in [-0.05, 0) is 25.1 Å². The molecule has 6 rings (SSSR count). The molecule has 12 N–H and O–H groups in total. The van der Waals surface area contributed by atoms with Crippen LogP contribution in [-0.2, 0) is 18.9 Å². The molecular weight excluding hydrogens is 744 g/mol. The van der Waals surface area contributed by atoms with Gasteiger partial charge in [0.15, 0.2) is 29.7 Å². The summed E-state index contributed by atoms with van der Waals surface area (Å²) in [4.78, 5) is 14.3. The lowest BCUT2D eigenvalue weighted by atomic mass is 9.97. The van der Waals surface area contributed by atoms with Gasteiger partial charge in [0, 0.05) is 17.7 Å². The van der Waals surface area contributed by atoms with Crippen molar-refractivity contribution in [3.8, 4) is 40.1 Å². The van der Waals surface area contributed by atoms with Crippen LogP contribution < -0.4 is 19.6 Å². The van der Waals surface area contributed by atoms with Crippen molar-refractivity contribution in [1.29, 1.82) is 0 Å². The summed E-state index contributed by atoms with van der Waals surface area (Å²) >= 11 is 0. The first kappa shape index (κ1) is 40.7. The Morgan fingerprint density at radius 1 is 0.673 bits per heavy atom. The van der Waals surface area contributed by atoms with Crippen molar-refractivity contribution < 1.29 is 98.9 Å². The fourth-order valence-corrected chi connectivity index (χ4v) is 6.43. The van der Waals surface area contributed by atoms with E-state index < -0.39 is 133 Å². The van der Waals surface area contributed by atoms with Crippen molar-refractivity contribution in [1.82, 2.24) is 0 Å². The average molecular weight is 787 g/mol. The zero-order chi connectivity index (χ0) is 40.0. The number of ether oxygens (including phenoxy) is 7. The van der Waals surface area contributed by atoms with Gasteiger partial charge in [0.25, 0.3) is 0 Å². The summed E-state index contributed by atoms with van der Waals surface area (Å²) < 4.78 is 45.2. The van der Waals surface area contributed by atoms with Gasteiger partial charge in [0.1, 0.15) is 83.5 Å². The van der Waals surface area contributed by atoms with E-state index in [1.54, 1.807) is 0 Å². The predicted octanol–water partition coefficient (Wildman–Crippen LogP) is -3.91. The molecule has 21 heteroatoms. The van der Waals surface area contributed by atoms with Gasteiger partial charge in [-0.3, -0.25) is 4.79 Å². The molecule has 15 unspecified atom stereocenters. The number of methoxy groups -OCH3 is 1. The van der Waals surface area contributed by atoms with Crippen LogP contribution in [0.2, 0.25) is 0 Å². The molecule has 0 saturated carbocycles. The normalized spacial score (nSPS) is 36.8. The molecule has 55 heavy (non-hydrogen) atoms. The van der Waals surface area contributed by atoms with Crippen molar-refractivity contribution >= 4 is 11.0 Å². The zero-order valence-electron chi connectivity index (χ0n) is 29.0. The molecule has 1 aromatic heterocycles. The van der Waals surface area contributed by atoms with E-state index in [4.69, 9.17) is 37.6 Å². The Bertz CT molecular complexity index is 1870. The number of rotatable bonds is 10. The second-order valence-electron chi connectivity index (χ2n) is 13.2. The van der Waals surface area contributed by atoms with E-state index in [-0.39, 0.29) is 28.4 Å². The molecule has 3 aromatic rings. The van der Waals surface area contributed by atoms with Gasteiger partial charge in [0.2, 0.25) is 23.8 Å². The van der Waals surface area contributed by atoms with Crippen LogP contribution in [0.1, 0.15) is 6.92 Å². The molecule has 0 bridgehead atoms. The molecule has 3 saturated heterocycles. The number of fused-ring (bicyclic) bond motifs is 1. The number of hydrogen-bond donors (Lipinski definition) is 12. The number of aliphatic hydroxyl groups is 10. The molecule has 0 amide bonds. The topological polar surface area (TPSA) is 338 Å². The van der Waals surface area contributed by atoms with Crippen molar-refractivity contribution in [2.75, 3.05) is 20.3 Å². The number of hydrogen-bond acceptors (Lipinski definition) is 21. The van der Waals surface area contributed by atoms with E-state index >= 15 is 0 Å². The molecule has 0 radical (unpaired) electrons. The summed E-state index contributed by atoms with van der Waals surface area (Å²) in [5.74, 6) is -2.65. The standard InChI is InChI=1S/C34H42O21/c1-10-20(39)24(43)27(46)32(49-10)55-31-26(45)22(41)18(9-36)53-34(31)54-30-23(42)19-14(38)6-12(50-33-28(47)25(44)21(40)17(8-35)52-33)7-16(19)51-29(30)11-3-4-13(37)15(5-11)48-2/h3-7,10,17-18,20-22,24-28,31-41,43-47H,8-9H2,1-2H3. The van der Waals surface area contributed by atoms with Gasteiger partial charge in [-0.1, -0.05) is 0 Å². The monoisotopic (exact) mass is 786 g/mol. The highest BCUT2D eigenvalue weighted by Gasteiger charge is 2.51. The first-order valence-corrected chi connectivity index (χ1v) is 16.9. The van der Waals surface area contributed by atoms with E-state index in [9.17, 15) is 66.1 Å². The summed E-state index contributed by atoms with van der Waals surface area (Å²) in [5.41, 5.74) is -1.46. The van der Waals surface area contributed by atoms with Crippen LogP contribution in [-0.4, -0.2) is 174 Å². The lowest BCUT2D eigenvalue weighted by molar-refractivity contribution is -0.354. The molecular formula is C34H42O21. The van der Waals surface area contributed by atoms with E-state index in [2.05, 4.69) is 0 Å². The lowest BCUT2D eigenvalue weighted by Crippen LogP contribution is -2.64. The van der Waals surface area contributed by atoms with Crippen molar-refractivity contribution in [3.05, 3.63) is 40.6 Å². The summed E-state index contributed by atoms with van der Waals surface area (Å²) in [5, 5.41) is 124. The highest BCUT2D eigenvalue weighted by molar-refractivity contribution is 5.88. The van der Waals surface area contributed by atoms with Gasteiger partial charge in [0.05, 0.1) is 26.4 Å². The molecule has 3 aliphatic heterocycles. The first-order chi connectivity index (χ1) is 26.1. The zero-order valence-corrected chi connectivity index (χ0v) is 29.0. The van der Waals surface area contributed by atoms with Crippen molar-refractivity contribution in [2.45, 2.75) is 99.0 Å². The minimum atomic E-state index is -1.97. The van der Waals surface area contributed by atoms with Gasteiger partial charge >= 0.3 is 0 Å². The van der Waals surface area contributed by atoms with Gasteiger partial charge < -0.3 is 98.9 Å². The smallest absolute Gasteiger partial charge is 0.239 e. The van der Waals surface area contributed by atoms with Gasteiger partial charge in [-0.2, -0.15) is 0 Å². The van der Waals surface area contributed by atoms with Crippen LogP contribution in [0.3, 0.4) is 0 Å². The minimum absolute atomic E-state index is 0.00735. The van der Waals surface area contributed by atoms with Crippen LogP contribution >= 0.6 is 0 Å². The van der Waals surface area contributed by atoms with E-state index in [0.29, 0.717) is 0 Å². The Kier molecular flexibility index (Phi) is 12.1. The molecule has 0 aliphatic carbocycles. The molecule has 0 spiro atoms. The van der Waals surface area contributed by atoms with E-state index in [0.717, 1.165) is 12.1 Å². The Hall–Kier alpha value is -3.91. The molecule has 3 fully saturated rings. The summed E-state index contributed by atoms with van der Waals surface area (Å²) in [6.07, 6.45) is -25.5. The third-order valence-corrected chi connectivity index (χ3v) is 9.61. The van der Waals surface area contributed by atoms with Crippen molar-refractivity contribution in [2.24, 2.45) is 0 Å². The first-order valence-electron chi connectivity index (χ1n) is 16.9. The Morgan fingerprint density at radius 2 is 1.29 bits per heavy atom. The maximum absolute atomic E-state index is 14.3. The van der Waals surface area contributed by atoms with Crippen LogP contribution in [0.15, 0.2) is 39.5 Å². The third kappa shape index (κ3) is 7.65. The van der Waals surface area contributed by atoms with Crippen LogP contribution in [0, 0.1) is 0 Å². The quantitative estimate of drug-likeness (QED) is 0.0934. The maximum Gasteiger partial charge on any atom is 0.239 e. The van der Waals surface area contributed by atoms with Crippen molar-refractivity contribution in [3.63, 3.8) is 0 Å². The van der Waals surface area contributed by atoms with E-state index in [1.807, 2.05) is 0 Å². The number of aromatic hydroxyl groups is 2. The molecule has 15 atom stereocenters. The molecule has 3 aliphatic rings. The van der Waals surface area contributed by atoms with E-state index in [1.165, 1.54) is 32.2 Å². The molecule has 21 nitrogen and oxygen atoms in total. The molecule has 4 heterocycles. The maximum atomic E-state index is 14.3. The number of phenolic OH excluding ortho intramolecular Hbond substituents is 2. The number of phenols is 2. The van der Waals surface area contributed by atoms with Gasteiger partial charge in [-0.15, -0.1) is 0 Å². The molecule has 2 aromatic carbocycles. The van der Waals surface area contributed by atoms with Gasteiger partial charge in [-0.25, -0.2) is 0 Å². The second kappa shape index (κ2) is 16.3. The van der Waals surface area contributed by atoms with Crippen LogP contribution in [0.25, 0.3) is 22.3 Å². The Labute approximate surface area is 309 Å². The largest absolute Gasteiger partial charge is 0.507 e. The summed E-state index contributed by atoms with van der Waals surface area (Å²) in [6, 6.07) is 5.73. The Morgan fingerprint density at radius 3 is 1.95 bits per heavy atom. The predicted molar refractivity (Wildman–Crippen MR) is 178 cm³/mol. The fraction of sp³-hybridized carbons (Fsp3) is 0.559. The fourth-order valence-electron chi connectivity index (χ4n) is 6.43. The summed E-state index contributed by atoms with van der Waals surface area (Å²) in [7, 11) is 1.24. The summed E-state index contributed by atoms with van der Waals surface area (Å²) in [6.45, 7) is -0.267. The second-order valence-corrected chi connectivity index (χ2v) is 13.2. The number of benzene rings is 2. The Balaban J connectivity index is 1.44. The number of aliphatic hydroxyl groups excluding tert-OH is 10. The highest BCUT2D eigenvalue weighted by Crippen LogP contribution is 2.41. The third-order valence-electron chi connectivity index (χ3n) is 9.61. The minimum Gasteiger partial charge on any atom is -0.507 e.